The Morgan fingerprint density at radius 2 is 2.03 bits per heavy atom. The van der Waals surface area contributed by atoms with Crippen molar-refractivity contribution in [3.8, 4) is 11.5 Å². The maximum Gasteiger partial charge on any atom is 0.202 e. The second-order valence-electron chi connectivity index (χ2n) is 6.63. The second-order valence-corrected chi connectivity index (χ2v) is 9.23. The normalized spacial score (nSPS) is 13.9. The SMILES string of the molecule is COCOc1c(OCc2cnc(SC)nc2)cc(/C=C2\Sc3ncccc3C2=O)c(Br)c1F. The third-order valence-electron chi connectivity index (χ3n) is 4.47. The van der Waals surface area contributed by atoms with Crippen molar-refractivity contribution in [1.82, 2.24) is 15.0 Å². The fourth-order valence-electron chi connectivity index (χ4n) is 2.92. The van der Waals surface area contributed by atoms with Gasteiger partial charge in [-0.1, -0.05) is 23.5 Å². The third-order valence-corrected chi connectivity index (χ3v) is 6.89. The van der Waals surface area contributed by atoms with E-state index in [4.69, 9.17) is 14.2 Å². The Morgan fingerprint density at radius 1 is 1.24 bits per heavy atom. The Kier molecular flexibility index (Phi) is 7.63. The molecule has 0 saturated carbocycles. The van der Waals surface area contributed by atoms with Gasteiger partial charge in [-0.3, -0.25) is 4.79 Å². The van der Waals surface area contributed by atoms with Gasteiger partial charge < -0.3 is 14.2 Å². The molecule has 0 spiro atoms. The van der Waals surface area contributed by atoms with Crippen LogP contribution in [0.4, 0.5) is 4.39 Å². The van der Waals surface area contributed by atoms with Gasteiger partial charge in [0.1, 0.15) is 11.6 Å². The number of Topliss-reactive ketones (excluding diaryl/α,β-unsaturated/α-hetero) is 1. The van der Waals surface area contributed by atoms with E-state index < -0.39 is 5.82 Å². The molecule has 0 amide bonds. The quantitative estimate of drug-likeness (QED) is 0.159. The fourth-order valence-corrected chi connectivity index (χ4v) is 4.62. The average molecular weight is 550 g/mol. The van der Waals surface area contributed by atoms with Crippen molar-refractivity contribution < 1.29 is 23.4 Å². The number of ketones is 1. The molecule has 33 heavy (non-hydrogen) atoms. The lowest BCUT2D eigenvalue weighted by molar-refractivity contribution is 0.0452. The van der Waals surface area contributed by atoms with Crippen molar-refractivity contribution in [2.45, 2.75) is 16.8 Å². The Bertz CT molecular complexity index is 1230. The molecule has 0 unspecified atom stereocenters. The number of hydrogen-bond donors (Lipinski definition) is 0. The van der Waals surface area contributed by atoms with Crippen molar-refractivity contribution in [2.24, 2.45) is 0 Å². The summed E-state index contributed by atoms with van der Waals surface area (Å²) in [6.07, 6.45) is 8.40. The summed E-state index contributed by atoms with van der Waals surface area (Å²) in [4.78, 5) is 25.8. The minimum atomic E-state index is -0.670. The van der Waals surface area contributed by atoms with Gasteiger partial charge in [0, 0.05) is 31.3 Å². The zero-order valence-electron chi connectivity index (χ0n) is 17.5. The number of halogens is 2. The number of nitrogens with zero attached hydrogens (tertiary/aromatic N) is 3. The molecular weight excluding hydrogens is 533 g/mol. The van der Waals surface area contributed by atoms with Crippen LogP contribution in [-0.4, -0.2) is 40.9 Å². The zero-order valence-corrected chi connectivity index (χ0v) is 20.7. The van der Waals surface area contributed by atoms with Crippen molar-refractivity contribution >= 4 is 51.3 Å². The summed E-state index contributed by atoms with van der Waals surface area (Å²) in [6, 6.07) is 5.03. The summed E-state index contributed by atoms with van der Waals surface area (Å²) in [6.45, 7) is -0.0703. The van der Waals surface area contributed by atoms with Crippen LogP contribution in [0.15, 0.2) is 56.3 Å². The Balaban J connectivity index is 1.66. The number of thioether (sulfide) groups is 2. The molecule has 0 N–H and O–H groups in total. The Morgan fingerprint density at radius 3 is 2.73 bits per heavy atom. The highest BCUT2D eigenvalue weighted by molar-refractivity contribution is 9.10. The van der Waals surface area contributed by atoms with Crippen LogP contribution in [0.1, 0.15) is 21.5 Å². The third kappa shape index (κ3) is 5.21. The lowest BCUT2D eigenvalue weighted by Crippen LogP contribution is -2.06. The molecule has 11 heteroatoms. The van der Waals surface area contributed by atoms with Crippen LogP contribution in [-0.2, 0) is 11.3 Å². The van der Waals surface area contributed by atoms with E-state index >= 15 is 4.39 Å². The summed E-state index contributed by atoms with van der Waals surface area (Å²) >= 11 is 5.94. The first-order valence-electron chi connectivity index (χ1n) is 9.52. The summed E-state index contributed by atoms with van der Waals surface area (Å²) in [5.74, 6) is -0.789. The van der Waals surface area contributed by atoms with E-state index in [1.54, 1.807) is 42.9 Å². The molecule has 1 aromatic carbocycles. The molecule has 3 aromatic rings. The highest BCUT2D eigenvalue weighted by Crippen LogP contribution is 2.43. The maximum absolute atomic E-state index is 15.2. The summed E-state index contributed by atoms with van der Waals surface area (Å²) < 4.78 is 31.6. The van der Waals surface area contributed by atoms with E-state index in [2.05, 4.69) is 30.9 Å². The summed E-state index contributed by atoms with van der Waals surface area (Å²) in [7, 11) is 1.44. The van der Waals surface area contributed by atoms with Crippen LogP contribution in [0.2, 0.25) is 0 Å². The Hall–Kier alpha value is -2.47. The van der Waals surface area contributed by atoms with E-state index in [-0.39, 0.29) is 35.2 Å². The first-order valence-corrected chi connectivity index (χ1v) is 12.4. The van der Waals surface area contributed by atoms with E-state index in [9.17, 15) is 4.79 Å². The van der Waals surface area contributed by atoms with Crippen LogP contribution >= 0.6 is 39.5 Å². The van der Waals surface area contributed by atoms with E-state index in [1.165, 1.54) is 30.6 Å². The topological polar surface area (TPSA) is 83.4 Å². The molecule has 0 bridgehead atoms. The minimum Gasteiger partial charge on any atom is -0.485 e. The standard InChI is InChI=1S/C22H17BrFN3O4S2/c1-29-11-31-20-15(30-10-12-8-26-22(32-2)27-9-12)6-13(17(23)18(20)24)7-16-19(28)14-4-3-5-25-21(14)33-16/h3-9H,10-11H2,1-2H3/b16-7-. The number of rotatable bonds is 8. The molecule has 3 heterocycles. The molecule has 0 radical (unpaired) electrons. The lowest BCUT2D eigenvalue weighted by Gasteiger charge is -2.16. The second kappa shape index (κ2) is 10.6. The number of hydrogen-bond acceptors (Lipinski definition) is 9. The number of carbonyl (C=O) groups excluding carboxylic acids is 1. The number of methoxy groups -OCH3 is 1. The monoisotopic (exact) mass is 549 g/mol. The van der Waals surface area contributed by atoms with Gasteiger partial charge in [0.15, 0.2) is 23.5 Å². The van der Waals surface area contributed by atoms with Crippen molar-refractivity contribution in [3.05, 3.63) is 68.7 Å². The number of allylic oxidation sites excluding steroid dienone is 1. The van der Waals surface area contributed by atoms with Gasteiger partial charge in [-0.05, 0) is 52.0 Å². The van der Waals surface area contributed by atoms with E-state index in [0.29, 0.717) is 31.8 Å². The smallest absolute Gasteiger partial charge is 0.202 e. The Labute approximate surface area is 206 Å². The van der Waals surface area contributed by atoms with Crippen LogP contribution in [0.3, 0.4) is 0 Å². The van der Waals surface area contributed by atoms with Crippen LogP contribution in [0, 0.1) is 5.82 Å². The van der Waals surface area contributed by atoms with Gasteiger partial charge in [0.05, 0.1) is 14.9 Å². The number of aromatic nitrogens is 3. The maximum atomic E-state index is 15.2. The van der Waals surface area contributed by atoms with Crippen LogP contribution < -0.4 is 9.47 Å². The van der Waals surface area contributed by atoms with Gasteiger partial charge in [-0.15, -0.1) is 0 Å². The van der Waals surface area contributed by atoms with Gasteiger partial charge in [0.2, 0.25) is 11.5 Å². The number of carbonyl (C=O) groups is 1. The summed E-state index contributed by atoms with van der Waals surface area (Å²) in [5.41, 5.74) is 1.65. The van der Waals surface area contributed by atoms with Gasteiger partial charge >= 0.3 is 0 Å². The van der Waals surface area contributed by atoms with Gasteiger partial charge in [-0.25, -0.2) is 19.3 Å². The zero-order chi connectivity index (χ0) is 23.4. The van der Waals surface area contributed by atoms with Crippen molar-refractivity contribution in [1.29, 1.82) is 0 Å². The van der Waals surface area contributed by atoms with Crippen molar-refractivity contribution in [2.75, 3.05) is 20.2 Å². The molecule has 0 aliphatic carbocycles. The van der Waals surface area contributed by atoms with Crippen LogP contribution in [0.5, 0.6) is 11.5 Å². The molecule has 1 aliphatic heterocycles. The average Bonchev–Trinajstić information content (AvgIpc) is 3.16. The number of benzene rings is 1. The molecule has 1 aliphatic rings. The molecule has 0 saturated heterocycles. The lowest BCUT2D eigenvalue weighted by atomic mass is 10.1. The van der Waals surface area contributed by atoms with Gasteiger partial charge in [-0.2, -0.15) is 0 Å². The molecule has 0 atom stereocenters. The predicted molar refractivity (Wildman–Crippen MR) is 127 cm³/mol. The number of fused-ring (bicyclic) bond motifs is 1. The first kappa shape index (κ1) is 23.7. The highest BCUT2D eigenvalue weighted by Gasteiger charge is 2.28. The highest BCUT2D eigenvalue weighted by atomic mass is 79.9. The van der Waals surface area contributed by atoms with Gasteiger partial charge in [0.25, 0.3) is 0 Å². The molecular formula is C22H17BrFN3O4S2. The predicted octanol–water partition coefficient (Wildman–Crippen LogP) is 5.39. The van der Waals surface area contributed by atoms with E-state index in [1.807, 2.05) is 6.26 Å². The molecule has 4 rings (SSSR count). The molecule has 170 valence electrons. The number of pyridine rings is 1. The fraction of sp³-hybridized carbons (Fsp3) is 0.182. The number of ether oxygens (including phenoxy) is 3. The first-order chi connectivity index (χ1) is 16.0. The summed E-state index contributed by atoms with van der Waals surface area (Å²) in [5, 5.41) is 1.26. The van der Waals surface area contributed by atoms with Crippen molar-refractivity contribution in [3.63, 3.8) is 0 Å². The molecule has 2 aromatic heterocycles. The minimum absolute atomic E-state index is 0.0954. The molecule has 0 fully saturated rings. The largest absolute Gasteiger partial charge is 0.485 e. The molecule has 7 nitrogen and oxygen atoms in total. The van der Waals surface area contributed by atoms with Crippen LogP contribution in [0.25, 0.3) is 6.08 Å². The van der Waals surface area contributed by atoms with E-state index in [0.717, 1.165) is 0 Å².